The minimum absolute atomic E-state index is 0.0175. The van der Waals surface area contributed by atoms with Crippen LogP contribution in [0.5, 0.6) is 0 Å². The maximum absolute atomic E-state index is 11.8. The Morgan fingerprint density at radius 2 is 1.82 bits per heavy atom. The van der Waals surface area contributed by atoms with E-state index in [1.54, 1.807) is 6.07 Å². The molecule has 0 aliphatic carbocycles. The van der Waals surface area contributed by atoms with Crippen LogP contribution in [-0.2, 0) is 11.2 Å². The number of hydrogen-bond donors (Lipinski definition) is 2. The van der Waals surface area contributed by atoms with Crippen molar-refractivity contribution in [3.8, 4) is 0 Å². The number of aryl methyl sites for hydroxylation is 1. The van der Waals surface area contributed by atoms with Crippen LogP contribution in [-0.4, -0.2) is 24.9 Å². The normalized spacial score (nSPS) is 10.3. The zero-order valence-corrected chi connectivity index (χ0v) is 13.8. The first kappa shape index (κ1) is 16.5. The van der Waals surface area contributed by atoms with E-state index in [1.165, 1.54) is 11.3 Å². The van der Waals surface area contributed by atoms with Crippen LogP contribution in [0.2, 0.25) is 5.02 Å². The zero-order valence-electron chi connectivity index (χ0n) is 12.2. The molecule has 2 aromatic rings. The Morgan fingerprint density at radius 1 is 1.09 bits per heavy atom. The van der Waals surface area contributed by atoms with Crippen molar-refractivity contribution < 1.29 is 9.59 Å². The molecule has 0 aliphatic rings. The van der Waals surface area contributed by atoms with E-state index in [0.29, 0.717) is 16.4 Å². The first-order chi connectivity index (χ1) is 10.5. The van der Waals surface area contributed by atoms with Gasteiger partial charge in [0.25, 0.3) is 5.91 Å². The second-order valence-electron chi connectivity index (χ2n) is 4.82. The summed E-state index contributed by atoms with van der Waals surface area (Å²) in [6.07, 6.45) is 0.723. The highest BCUT2D eigenvalue weighted by Gasteiger charge is 2.09. The summed E-state index contributed by atoms with van der Waals surface area (Å²) in [5, 5.41) is 6.08. The van der Waals surface area contributed by atoms with Crippen LogP contribution in [0, 0.1) is 6.92 Å². The molecule has 0 saturated carbocycles. The number of carbonyl (C=O) groups is 2. The minimum atomic E-state index is -0.217. The van der Waals surface area contributed by atoms with Gasteiger partial charge in [0.1, 0.15) is 0 Å². The van der Waals surface area contributed by atoms with Gasteiger partial charge in [0.15, 0.2) is 0 Å². The fourth-order valence-electron chi connectivity index (χ4n) is 1.86. The van der Waals surface area contributed by atoms with Crippen molar-refractivity contribution in [2.45, 2.75) is 13.3 Å². The molecule has 2 N–H and O–H groups in total. The molecule has 0 saturated heterocycles. The molecular weight excluding hydrogens is 320 g/mol. The summed E-state index contributed by atoms with van der Waals surface area (Å²) in [6, 6.07) is 11.1. The van der Waals surface area contributed by atoms with Gasteiger partial charge in [0.05, 0.1) is 11.4 Å². The van der Waals surface area contributed by atoms with Crippen LogP contribution in [0.3, 0.4) is 0 Å². The molecule has 2 amide bonds. The summed E-state index contributed by atoms with van der Waals surface area (Å²) in [7, 11) is 0. The smallest absolute Gasteiger partial charge is 0.261 e. The monoisotopic (exact) mass is 336 g/mol. The number of carbonyl (C=O) groups excluding carboxylic acids is 2. The highest BCUT2D eigenvalue weighted by molar-refractivity contribution is 7.13. The fraction of sp³-hybridized carbons (Fsp3) is 0.250. The van der Waals surface area contributed by atoms with Crippen LogP contribution in [0.15, 0.2) is 36.4 Å². The van der Waals surface area contributed by atoms with E-state index in [0.717, 1.165) is 16.9 Å². The maximum atomic E-state index is 11.8. The average molecular weight is 337 g/mol. The molecule has 0 aliphatic heterocycles. The second kappa shape index (κ2) is 7.96. The second-order valence-corrected chi connectivity index (χ2v) is 6.54. The van der Waals surface area contributed by atoms with Gasteiger partial charge in [-0.05, 0) is 43.2 Å². The third-order valence-corrected chi connectivity index (χ3v) is 4.27. The molecule has 0 fully saturated rings. The average Bonchev–Trinajstić information content (AvgIpc) is 2.93. The quantitative estimate of drug-likeness (QED) is 0.852. The van der Waals surface area contributed by atoms with Crippen molar-refractivity contribution in [3.63, 3.8) is 0 Å². The molecule has 1 heterocycles. The first-order valence-electron chi connectivity index (χ1n) is 6.90. The molecule has 22 heavy (non-hydrogen) atoms. The number of amides is 2. The van der Waals surface area contributed by atoms with Crippen molar-refractivity contribution in [2.24, 2.45) is 0 Å². The van der Waals surface area contributed by atoms with Crippen LogP contribution in [0.25, 0.3) is 0 Å². The molecular formula is C16H17ClN2O2S. The first-order valence-corrected chi connectivity index (χ1v) is 8.10. The van der Waals surface area contributed by atoms with Crippen molar-refractivity contribution >= 4 is 34.8 Å². The number of nitrogens with one attached hydrogen (secondary N) is 2. The molecule has 1 aromatic carbocycles. The van der Waals surface area contributed by atoms with Gasteiger partial charge in [0, 0.05) is 16.4 Å². The molecule has 1 aromatic heterocycles. The lowest BCUT2D eigenvalue weighted by Gasteiger charge is -2.06. The Kier molecular flexibility index (Phi) is 5.98. The summed E-state index contributed by atoms with van der Waals surface area (Å²) in [4.78, 5) is 25.2. The van der Waals surface area contributed by atoms with E-state index < -0.39 is 0 Å². The lowest BCUT2D eigenvalue weighted by Crippen LogP contribution is -2.37. The third-order valence-electron chi connectivity index (χ3n) is 3.02. The van der Waals surface area contributed by atoms with Gasteiger partial charge in [-0.15, -0.1) is 11.3 Å². The van der Waals surface area contributed by atoms with Gasteiger partial charge in [0.2, 0.25) is 5.91 Å². The van der Waals surface area contributed by atoms with Gasteiger partial charge in [-0.1, -0.05) is 23.7 Å². The van der Waals surface area contributed by atoms with Crippen molar-refractivity contribution in [3.05, 3.63) is 56.7 Å². The molecule has 4 nitrogen and oxygen atoms in total. The van der Waals surface area contributed by atoms with Crippen LogP contribution in [0.1, 0.15) is 20.1 Å². The largest absolute Gasteiger partial charge is 0.354 e. The van der Waals surface area contributed by atoms with Gasteiger partial charge >= 0.3 is 0 Å². The van der Waals surface area contributed by atoms with E-state index in [9.17, 15) is 9.59 Å². The third kappa shape index (κ3) is 5.16. The number of rotatable bonds is 6. The van der Waals surface area contributed by atoms with Gasteiger partial charge in [-0.25, -0.2) is 0 Å². The molecule has 0 spiro atoms. The van der Waals surface area contributed by atoms with E-state index in [2.05, 4.69) is 10.6 Å². The summed E-state index contributed by atoms with van der Waals surface area (Å²) in [5.74, 6) is -0.415. The van der Waals surface area contributed by atoms with Gasteiger partial charge < -0.3 is 10.6 Å². The SMILES string of the molecule is Cc1ccc(C(=O)NCC(=O)NCCc2ccc(Cl)cc2)s1. The molecule has 0 unspecified atom stereocenters. The Labute approximate surface area is 138 Å². The Bertz CT molecular complexity index is 652. The predicted molar refractivity (Wildman–Crippen MR) is 89.6 cm³/mol. The minimum Gasteiger partial charge on any atom is -0.354 e. The summed E-state index contributed by atoms with van der Waals surface area (Å²) < 4.78 is 0. The van der Waals surface area contributed by atoms with Crippen LogP contribution < -0.4 is 10.6 Å². The topological polar surface area (TPSA) is 58.2 Å². The Morgan fingerprint density at radius 3 is 2.45 bits per heavy atom. The van der Waals surface area contributed by atoms with Gasteiger partial charge in [-0.2, -0.15) is 0 Å². The van der Waals surface area contributed by atoms with Crippen molar-refractivity contribution in [1.82, 2.24) is 10.6 Å². The Hall–Kier alpha value is -1.85. The molecule has 116 valence electrons. The van der Waals surface area contributed by atoms with Crippen LogP contribution in [0.4, 0.5) is 0 Å². The summed E-state index contributed by atoms with van der Waals surface area (Å²) in [6.45, 7) is 2.44. The number of hydrogen-bond acceptors (Lipinski definition) is 3. The molecule has 2 rings (SSSR count). The number of benzene rings is 1. The van der Waals surface area contributed by atoms with Crippen molar-refractivity contribution in [2.75, 3.05) is 13.1 Å². The van der Waals surface area contributed by atoms with E-state index in [4.69, 9.17) is 11.6 Å². The van der Waals surface area contributed by atoms with Crippen molar-refractivity contribution in [1.29, 1.82) is 0 Å². The van der Waals surface area contributed by atoms with E-state index >= 15 is 0 Å². The lowest BCUT2D eigenvalue weighted by molar-refractivity contribution is -0.120. The van der Waals surface area contributed by atoms with E-state index in [-0.39, 0.29) is 18.4 Å². The van der Waals surface area contributed by atoms with Gasteiger partial charge in [-0.3, -0.25) is 9.59 Å². The summed E-state index contributed by atoms with van der Waals surface area (Å²) >= 11 is 7.22. The maximum Gasteiger partial charge on any atom is 0.261 e. The highest BCUT2D eigenvalue weighted by atomic mass is 35.5. The highest BCUT2D eigenvalue weighted by Crippen LogP contribution is 2.14. The number of thiophene rings is 1. The zero-order chi connectivity index (χ0) is 15.9. The molecule has 0 atom stereocenters. The molecule has 0 bridgehead atoms. The van der Waals surface area contributed by atoms with E-state index in [1.807, 2.05) is 37.3 Å². The molecule has 0 radical (unpaired) electrons. The fourth-order valence-corrected chi connectivity index (χ4v) is 2.77. The predicted octanol–water partition coefficient (Wildman–Crippen LogP) is 2.80. The number of halogens is 1. The molecule has 6 heteroatoms. The summed E-state index contributed by atoms with van der Waals surface area (Å²) in [5.41, 5.74) is 1.10. The standard InChI is InChI=1S/C16H17ClN2O2S/c1-11-2-7-14(22-11)16(21)19-10-15(20)18-9-8-12-3-5-13(17)6-4-12/h2-7H,8-10H2,1H3,(H,18,20)(H,19,21). The Balaban J connectivity index is 1.67. The van der Waals surface area contributed by atoms with Crippen LogP contribution >= 0.6 is 22.9 Å². The lowest BCUT2D eigenvalue weighted by atomic mass is 10.1.